The molecule has 2 saturated heterocycles. The summed E-state index contributed by atoms with van der Waals surface area (Å²) >= 11 is 1.39. The van der Waals surface area contributed by atoms with Crippen LogP contribution in [0, 0.1) is 24.1 Å². The molecule has 218 valence electrons. The molecule has 0 radical (unpaired) electrons. The number of carbonyl (C=O) groups is 3. The number of esters is 1. The van der Waals surface area contributed by atoms with Gasteiger partial charge in [-0.25, -0.2) is 14.2 Å². The standard InChI is InChI=1S/C29H34FN5O5S/c1-5-40-27(37)22-20(13-34-11-9-18-21(34)14-35(26(18)36)15-29(3,4)28(38)39)32-24(25-31-10-12-41-25)33-23(22)17-7-6-8-19(30)16(17)2/h6-8,10,12,18,21,23H,5,9,11,13-15H2,1-4H3,(H,32,33)(H,38,39). The third-order valence-corrected chi connectivity index (χ3v) is 8.86. The molecule has 12 heteroatoms. The minimum absolute atomic E-state index is 0.0404. The number of hydrogen-bond donors (Lipinski definition) is 2. The van der Waals surface area contributed by atoms with E-state index in [4.69, 9.17) is 9.73 Å². The van der Waals surface area contributed by atoms with Crippen molar-refractivity contribution in [1.82, 2.24) is 20.1 Å². The average Bonchev–Trinajstić information content (AvgIpc) is 3.66. The summed E-state index contributed by atoms with van der Waals surface area (Å²) in [6, 6.07) is 3.78. The minimum atomic E-state index is -1.07. The van der Waals surface area contributed by atoms with Gasteiger partial charge in [-0.3, -0.25) is 19.5 Å². The molecule has 4 heterocycles. The Morgan fingerprint density at radius 3 is 2.78 bits per heavy atom. The van der Waals surface area contributed by atoms with Crippen molar-refractivity contribution in [3.05, 3.63) is 63.0 Å². The summed E-state index contributed by atoms with van der Waals surface area (Å²) in [5.41, 5.74) is 0.728. The van der Waals surface area contributed by atoms with Crippen LogP contribution in [-0.4, -0.2) is 82.4 Å². The molecule has 1 amide bonds. The number of thiazole rings is 1. The summed E-state index contributed by atoms with van der Waals surface area (Å²) < 4.78 is 20.2. The Bertz CT molecular complexity index is 1420. The van der Waals surface area contributed by atoms with Crippen molar-refractivity contribution in [2.24, 2.45) is 16.3 Å². The van der Waals surface area contributed by atoms with Gasteiger partial charge in [-0.05, 0) is 57.9 Å². The first-order valence-corrected chi connectivity index (χ1v) is 14.6. The van der Waals surface area contributed by atoms with Crippen molar-refractivity contribution < 1.29 is 28.6 Å². The lowest BCUT2D eigenvalue weighted by atomic mass is 9.92. The van der Waals surface area contributed by atoms with Crippen molar-refractivity contribution >= 4 is 35.0 Å². The molecule has 1 aromatic heterocycles. The number of nitrogens with zero attached hydrogens (tertiary/aromatic N) is 4. The van der Waals surface area contributed by atoms with Gasteiger partial charge in [-0.1, -0.05) is 12.1 Å². The number of likely N-dealkylation sites (tertiary alicyclic amines) is 2. The molecule has 2 N–H and O–H groups in total. The lowest BCUT2D eigenvalue weighted by Crippen LogP contribution is -2.44. The second kappa shape index (κ2) is 11.3. The van der Waals surface area contributed by atoms with E-state index in [-0.39, 0.29) is 36.6 Å². The Morgan fingerprint density at radius 2 is 2.10 bits per heavy atom. The Morgan fingerprint density at radius 1 is 1.32 bits per heavy atom. The number of carboxylic acids is 1. The molecule has 3 aliphatic rings. The van der Waals surface area contributed by atoms with Crippen molar-refractivity contribution in [1.29, 1.82) is 0 Å². The average molecular weight is 584 g/mol. The fourth-order valence-electron chi connectivity index (χ4n) is 5.85. The van der Waals surface area contributed by atoms with Gasteiger partial charge < -0.3 is 20.1 Å². The number of aromatic nitrogens is 1. The molecule has 3 unspecified atom stereocenters. The highest BCUT2D eigenvalue weighted by atomic mass is 32.1. The van der Waals surface area contributed by atoms with Gasteiger partial charge in [0.25, 0.3) is 0 Å². The van der Waals surface area contributed by atoms with Gasteiger partial charge in [-0.15, -0.1) is 11.3 Å². The molecule has 0 bridgehead atoms. The largest absolute Gasteiger partial charge is 0.481 e. The summed E-state index contributed by atoms with van der Waals surface area (Å²) in [6.45, 7) is 8.24. The van der Waals surface area contributed by atoms with Crippen LogP contribution in [0.1, 0.15) is 49.4 Å². The van der Waals surface area contributed by atoms with E-state index in [1.807, 2.05) is 5.38 Å². The minimum Gasteiger partial charge on any atom is -0.481 e. The molecular weight excluding hydrogens is 549 g/mol. The Labute approximate surface area is 241 Å². The maximum atomic E-state index is 14.7. The molecule has 2 fully saturated rings. The Hall–Kier alpha value is -3.64. The third-order valence-electron chi connectivity index (χ3n) is 8.08. The van der Waals surface area contributed by atoms with Crippen LogP contribution < -0.4 is 5.32 Å². The second-order valence-corrected chi connectivity index (χ2v) is 12.1. The highest BCUT2D eigenvalue weighted by molar-refractivity contribution is 7.11. The van der Waals surface area contributed by atoms with Gasteiger partial charge >= 0.3 is 11.9 Å². The fraction of sp³-hybridized carbons (Fsp3) is 0.483. The van der Waals surface area contributed by atoms with Crippen LogP contribution in [0.3, 0.4) is 0 Å². The summed E-state index contributed by atoms with van der Waals surface area (Å²) in [5.74, 6) is -1.71. The van der Waals surface area contributed by atoms with Crippen LogP contribution in [0.25, 0.3) is 0 Å². The summed E-state index contributed by atoms with van der Waals surface area (Å²) in [4.78, 5) is 51.5. The zero-order valence-corrected chi connectivity index (χ0v) is 24.3. The maximum absolute atomic E-state index is 14.7. The first kappa shape index (κ1) is 28.9. The lowest BCUT2D eigenvalue weighted by Gasteiger charge is -2.32. The number of fused-ring (bicyclic) bond motifs is 1. The SMILES string of the molecule is CCOC(=O)C1=C(CN2CCC3C(=O)N(CC(C)(C)C(=O)O)CC32)NC(c2nccs2)=NC1c1cccc(F)c1C. The maximum Gasteiger partial charge on any atom is 0.338 e. The van der Waals surface area contributed by atoms with E-state index in [2.05, 4.69) is 15.2 Å². The number of ether oxygens (including phenoxy) is 1. The number of rotatable bonds is 9. The number of amidine groups is 1. The zero-order chi connectivity index (χ0) is 29.5. The van der Waals surface area contributed by atoms with Gasteiger partial charge in [0.15, 0.2) is 10.8 Å². The number of aliphatic carboxylic acids is 1. The highest BCUT2D eigenvalue weighted by Gasteiger charge is 2.49. The number of carboxylic acid groups (broad SMARTS) is 1. The lowest BCUT2D eigenvalue weighted by molar-refractivity contribution is -0.149. The molecule has 0 spiro atoms. The van der Waals surface area contributed by atoms with Gasteiger partial charge in [0.1, 0.15) is 11.9 Å². The van der Waals surface area contributed by atoms with Crippen LogP contribution in [0.2, 0.25) is 0 Å². The van der Waals surface area contributed by atoms with Crippen LogP contribution in [-0.2, 0) is 19.1 Å². The van der Waals surface area contributed by atoms with Gasteiger partial charge in [0.05, 0.1) is 23.5 Å². The molecule has 0 saturated carbocycles. The first-order chi connectivity index (χ1) is 19.5. The van der Waals surface area contributed by atoms with Crippen LogP contribution in [0.4, 0.5) is 4.39 Å². The molecule has 0 aliphatic carbocycles. The van der Waals surface area contributed by atoms with Crippen molar-refractivity contribution in [2.45, 2.75) is 46.2 Å². The van der Waals surface area contributed by atoms with Crippen LogP contribution in [0.5, 0.6) is 0 Å². The monoisotopic (exact) mass is 583 g/mol. The predicted octanol–water partition coefficient (Wildman–Crippen LogP) is 3.14. The van der Waals surface area contributed by atoms with Gasteiger partial charge in [0, 0.05) is 43.0 Å². The molecular formula is C29H34FN5O5S. The van der Waals surface area contributed by atoms with Gasteiger partial charge in [0.2, 0.25) is 5.91 Å². The molecule has 5 rings (SSSR count). The van der Waals surface area contributed by atoms with Gasteiger partial charge in [-0.2, -0.15) is 0 Å². The van der Waals surface area contributed by atoms with Crippen LogP contribution in [0.15, 0.2) is 46.0 Å². The molecule has 3 aliphatic heterocycles. The Balaban J connectivity index is 1.51. The quantitative estimate of drug-likeness (QED) is 0.432. The number of nitrogens with one attached hydrogen (secondary N) is 1. The highest BCUT2D eigenvalue weighted by Crippen LogP contribution is 2.38. The second-order valence-electron chi connectivity index (χ2n) is 11.3. The van der Waals surface area contributed by atoms with Crippen LogP contribution >= 0.6 is 11.3 Å². The number of halogens is 1. The van der Waals surface area contributed by atoms with E-state index in [0.29, 0.717) is 53.7 Å². The van der Waals surface area contributed by atoms with Crippen molar-refractivity contribution in [2.75, 3.05) is 32.8 Å². The smallest absolute Gasteiger partial charge is 0.338 e. The summed E-state index contributed by atoms with van der Waals surface area (Å²) in [7, 11) is 0. The van der Waals surface area contributed by atoms with E-state index >= 15 is 0 Å². The number of carbonyl (C=O) groups excluding carboxylic acids is 2. The fourth-order valence-corrected chi connectivity index (χ4v) is 6.44. The van der Waals surface area contributed by atoms with E-state index in [0.717, 1.165) is 0 Å². The molecule has 41 heavy (non-hydrogen) atoms. The normalized spacial score (nSPS) is 23.0. The van der Waals surface area contributed by atoms with E-state index in [9.17, 15) is 23.9 Å². The molecule has 3 atom stereocenters. The zero-order valence-electron chi connectivity index (χ0n) is 23.5. The number of amides is 1. The van der Waals surface area contributed by atoms with Crippen molar-refractivity contribution in [3.8, 4) is 0 Å². The third kappa shape index (κ3) is 5.50. The van der Waals surface area contributed by atoms with Crippen molar-refractivity contribution in [3.63, 3.8) is 0 Å². The summed E-state index contributed by atoms with van der Waals surface area (Å²) in [5, 5.41) is 15.4. The first-order valence-electron chi connectivity index (χ1n) is 13.7. The molecule has 2 aromatic rings. The summed E-state index contributed by atoms with van der Waals surface area (Å²) in [6.07, 6.45) is 2.30. The number of benzene rings is 1. The van der Waals surface area contributed by atoms with E-state index in [1.165, 1.54) is 17.4 Å². The number of aliphatic imine (C=N–C) groups is 1. The number of hydrogen-bond acceptors (Lipinski definition) is 9. The van der Waals surface area contributed by atoms with E-state index < -0.39 is 29.2 Å². The predicted molar refractivity (Wildman–Crippen MR) is 151 cm³/mol. The topological polar surface area (TPSA) is 124 Å². The molecule has 1 aromatic carbocycles. The molecule has 10 nitrogen and oxygen atoms in total. The van der Waals surface area contributed by atoms with E-state index in [1.54, 1.807) is 50.9 Å². The Kier molecular flexibility index (Phi) is 7.97.